The maximum Gasteiger partial charge on any atom is 0.251 e. The predicted molar refractivity (Wildman–Crippen MR) is 63.7 cm³/mol. The molecule has 1 amide bonds. The Balaban J connectivity index is 2.69. The Morgan fingerprint density at radius 1 is 1.44 bits per heavy atom. The van der Waals surface area contributed by atoms with E-state index < -0.39 is 6.04 Å². The number of rotatable bonds is 4. The number of carbonyl (C=O) groups is 2. The van der Waals surface area contributed by atoms with Crippen molar-refractivity contribution in [2.75, 3.05) is 0 Å². The van der Waals surface area contributed by atoms with Gasteiger partial charge in [-0.05, 0) is 25.1 Å². The van der Waals surface area contributed by atoms with Gasteiger partial charge in [-0.1, -0.05) is 24.6 Å². The first kappa shape index (κ1) is 12.7. The van der Waals surface area contributed by atoms with Crippen LogP contribution in [0.2, 0.25) is 5.02 Å². The van der Waals surface area contributed by atoms with Crippen LogP contribution in [-0.2, 0) is 4.79 Å². The molecule has 0 aliphatic carbocycles. The van der Waals surface area contributed by atoms with Crippen molar-refractivity contribution in [2.24, 2.45) is 0 Å². The monoisotopic (exact) mass is 239 g/mol. The van der Waals surface area contributed by atoms with Gasteiger partial charge in [-0.3, -0.25) is 9.59 Å². The third-order valence-corrected chi connectivity index (χ3v) is 2.50. The largest absolute Gasteiger partial charge is 0.343 e. The number of ketones is 1. The first-order valence-corrected chi connectivity index (χ1v) is 5.51. The Kier molecular flexibility index (Phi) is 4.50. The highest BCUT2D eigenvalue weighted by Gasteiger charge is 2.14. The first-order chi connectivity index (χ1) is 7.54. The minimum absolute atomic E-state index is 0.00961. The van der Waals surface area contributed by atoms with Gasteiger partial charge >= 0.3 is 0 Å². The molecule has 0 aliphatic heterocycles. The van der Waals surface area contributed by atoms with E-state index in [1.165, 1.54) is 0 Å². The summed E-state index contributed by atoms with van der Waals surface area (Å²) < 4.78 is 0. The van der Waals surface area contributed by atoms with Crippen LogP contribution in [0.15, 0.2) is 24.3 Å². The maximum atomic E-state index is 11.7. The minimum Gasteiger partial charge on any atom is -0.343 e. The smallest absolute Gasteiger partial charge is 0.251 e. The lowest BCUT2D eigenvalue weighted by Crippen LogP contribution is -2.38. The van der Waals surface area contributed by atoms with Gasteiger partial charge in [-0.15, -0.1) is 0 Å². The Hall–Kier alpha value is -1.35. The molecule has 1 aromatic carbocycles. The first-order valence-electron chi connectivity index (χ1n) is 5.13. The number of Topliss-reactive ketones (excluding diaryl/α,β-unsaturated/α-hetero) is 1. The summed E-state index contributed by atoms with van der Waals surface area (Å²) in [6.45, 7) is 3.44. The average molecular weight is 240 g/mol. The number of hydrogen-bond donors (Lipinski definition) is 1. The Bertz CT molecular complexity index is 404. The van der Waals surface area contributed by atoms with E-state index in [2.05, 4.69) is 5.32 Å². The van der Waals surface area contributed by atoms with E-state index in [4.69, 9.17) is 11.6 Å². The molecule has 0 aromatic heterocycles. The van der Waals surface area contributed by atoms with Crippen molar-refractivity contribution in [3.8, 4) is 0 Å². The number of hydrogen-bond acceptors (Lipinski definition) is 2. The van der Waals surface area contributed by atoms with Crippen molar-refractivity contribution in [1.29, 1.82) is 0 Å². The third kappa shape index (κ3) is 3.35. The second-order valence-electron chi connectivity index (χ2n) is 3.53. The molecule has 0 saturated heterocycles. The number of halogens is 1. The van der Waals surface area contributed by atoms with Crippen LogP contribution in [0.3, 0.4) is 0 Å². The zero-order valence-electron chi connectivity index (χ0n) is 9.29. The van der Waals surface area contributed by atoms with E-state index in [9.17, 15) is 9.59 Å². The van der Waals surface area contributed by atoms with Crippen LogP contribution in [0, 0.1) is 0 Å². The van der Waals surface area contributed by atoms with Crippen LogP contribution in [0.1, 0.15) is 30.6 Å². The third-order valence-electron chi connectivity index (χ3n) is 2.27. The van der Waals surface area contributed by atoms with E-state index in [1.54, 1.807) is 38.1 Å². The van der Waals surface area contributed by atoms with Crippen molar-refractivity contribution < 1.29 is 9.59 Å². The molecule has 4 heteroatoms. The van der Waals surface area contributed by atoms with Gasteiger partial charge in [0.05, 0.1) is 6.04 Å². The van der Waals surface area contributed by atoms with E-state index in [0.717, 1.165) is 0 Å². The molecular weight excluding hydrogens is 226 g/mol. The Morgan fingerprint density at radius 3 is 2.69 bits per heavy atom. The highest BCUT2D eigenvalue weighted by Crippen LogP contribution is 2.10. The van der Waals surface area contributed by atoms with Crippen molar-refractivity contribution in [2.45, 2.75) is 26.3 Å². The molecule has 0 radical (unpaired) electrons. The van der Waals surface area contributed by atoms with Crippen LogP contribution < -0.4 is 5.32 Å². The molecule has 0 bridgehead atoms. The Morgan fingerprint density at radius 2 is 2.12 bits per heavy atom. The van der Waals surface area contributed by atoms with Gasteiger partial charge in [-0.2, -0.15) is 0 Å². The summed E-state index contributed by atoms with van der Waals surface area (Å²) in [5.41, 5.74) is 0.461. The molecule has 1 rings (SSSR count). The lowest BCUT2D eigenvalue weighted by Gasteiger charge is -2.11. The molecule has 16 heavy (non-hydrogen) atoms. The van der Waals surface area contributed by atoms with Gasteiger partial charge in [0.15, 0.2) is 5.78 Å². The van der Waals surface area contributed by atoms with Gasteiger partial charge in [0.2, 0.25) is 0 Å². The van der Waals surface area contributed by atoms with E-state index >= 15 is 0 Å². The summed E-state index contributed by atoms with van der Waals surface area (Å²) in [7, 11) is 0. The minimum atomic E-state index is -0.462. The lowest BCUT2D eigenvalue weighted by atomic mass is 10.1. The van der Waals surface area contributed by atoms with E-state index in [0.29, 0.717) is 17.0 Å². The zero-order chi connectivity index (χ0) is 12.1. The van der Waals surface area contributed by atoms with E-state index in [-0.39, 0.29) is 11.7 Å². The molecule has 0 heterocycles. The van der Waals surface area contributed by atoms with Crippen molar-refractivity contribution >= 4 is 23.3 Å². The summed E-state index contributed by atoms with van der Waals surface area (Å²) in [6, 6.07) is 6.16. The molecule has 1 N–H and O–H groups in total. The summed E-state index contributed by atoms with van der Waals surface area (Å²) in [5, 5.41) is 3.13. The fourth-order valence-corrected chi connectivity index (χ4v) is 1.49. The number of nitrogens with one attached hydrogen (secondary N) is 1. The van der Waals surface area contributed by atoms with Gasteiger partial charge < -0.3 is 5.32 Å². The van der Waals surface area contributed by atoms with Crippen molar-refractivity contribution in [3.63, 3.8) is 0 Å². The lowest BCUT2D eigenvalue weighted by molar-refractivity contribution is -0.120. The molecule has 0 aliphatic rings. The number of amides is 1. The molecule has 1 atom stereocenters. The normalized spacial score (nSPS) is 11.9. The van der Waals surface area contributed by atoms with Gasteiger partial charge in [-0.25, -0.2) is 0 Å². The Labute approximate surface area is 99.8 Å². The topological polar surface area (TPSA) is 46.2 Å². The molecule has 1 aromatic rings. The highest BCUT2D eigenvalue weighted by atomic mass is 35.5. The SMILES string of the molecule is CCC(=O)C(C)NC(=O)c1cccc(Cl)c1. The molecule has 0 fully saturated rings. The van der Waals surface area contributed by atoms with Crippen LogP contribution >= 0.6 is 11.6 Å². The summed E-state index contributed by atoms with van der Waals surface area (Å²) in [5.74, 6) is -0.271. The molecule has 3 nitrogen and oxygen atoms in total. The van der Waals surface area contributed by atoms with Crippen LogP contribution in [0.4, 0.5) is 0 Å². The standard InChI is InChI=1S/C12H14ClNO2/c1-3-11(15)8(2)14-12(16)9-5-4-6-10(13)7-9/h4-8H,3H2,1-2H3,(H,14,16). The summed E-state index contributed by atoms with van der Waals surface area (Å²) in [6.07, 6.45) is 0.414. The summed E-state index contributed by atoms with van der Waals surface area (Å²) in [4.78, 5) is 23.0. The number of benzene rings is 1. The predicted octanol–water partition coefficient (Wildman–Crippen LogP) is 2.44. The van der Waals surface area contributed by atoms with Gasteiger partial charge in [0, 0.05) is 17.0 Å². The van der Waals surface area contributed by atoms with Crippen molar-refractivity contribution in [1.82, 2.24) is 5.32 Å². The second-order valence-corrected chi connectivity index (χ2v) is 3.96. The van der Waals surface area contributed by atoms with Gasteiger partial charge in [0.1, 0.15) is 0 Å². The fraction of sp³-hybridized carbons (Fsp3) is 0.333. The van der Waals surface area contributed by atoms with Crippen LogP contribution in [0.5, 0.6) is 0 Å². The fourth-order valence-electron chi connectivity index (χ4n) is 1.30. The molecule has 0 spiro atoms. The average Bonchev–Trinajstić information content (AvgIpc) is 2.27. The van der Waals surface area contributed by atoms with Crippen LogP contribution in [0.25, 0.3) is 0 Å². The van der Waals surface area contributed by atoms with Crippen molar-refractivity contribution in [3.05, 3.63) is 34.9 Å². The second kappa shape index (κ2) is 5.66. The molecule has 86 valence electrons. The molecule has 0 saturated carbocycles. The molecular formula is C12H14ClNO2. The van der Waals surface area contributed by atoms with E-state index in [1.807, 2.05) is 0 Å². The highest BCUT2D eigenvalue weighted by molar-refractivity contribution is 6.30. The number of carbonyl (C=O) groups excluding carboxylic acids is 2. The van der Waals surface area contributed by atoms with Gasteiger partial charge in [0.25, 0.3) is 5.91 Å². The maximum absolute atomic E-state index is 11.7. The quantitative estimate of drug-likeness (QED) is 0.877. The summed E-state index contributed by atoms with van der Waals surface area (Å²) >= 11 is 5.77. The zero-order valence-corrected chi connectivity index (χ0v) is 10.0. The van der Waals surface area contributed by atoms with Crippen LogP contribution in [-0.4, -0.2) is 17.7 Å². The molecule has 1 unspecified atom stereocenters.